The monoisotopic (exact) mass is 409 g/mol. The Morgan fingerprint density at radius 1 is 1.10 bits per heavy atom. The molecule has 8 heteroatoms. The highest BCUT2D eigenvalue weighted by atomic mass is 32.1. The van der Waals surface area contributed by atoms with Gasteiger partial charge in [-0.05, 0) is 30.2 Å². The van der Waals surface area contributed by atoms with Gasteiger partial charge in [0.1, 0.15) is 17.2 Å². The SMILES string of the molecule is Fc1ccc2[nH]c3c(c2c1)CCN(c1cc2sc(N4CCOCC4)nc2cn1)C3. The number of pyridine rings is 1. The predicted octanol–water partition coefficient (Wildman–Crippen LogP) is 3.71. The van der Waals surface area contributed by atoms with Gasteiger partial charge in [-0.2, -0.15) is 0 Å². The summed E-state index contributed by atoms with van der Waals surface area (Å²) in [5, 5.41) is 2.04. The number of ether oxygens (including phenoxy) is 1. The Hall–Kier alpha value is -2.71. The molecular formula is C21H20FN5OS. The van der Waals surface area contributed by atoms with Crippen molar-refractivity contribution in [2.75, 3.05) is 42.6 Å². The fraction of sp³-hybridized carbons (Fsp3) is 0.333. The molecule has 2 aliphatic rings. The van der Waals surface area contributed by atoms with Crippen LogP contribution in [-0.4, -0.2) is 47.8 Å². The topological polar surface area (TPSA) is 57.3 Å². The van der Waals surface area contributed by atoms with Gasteiger partial charge in [-0.3, -0.25) is 0 Å². The molecule has 0 unspecified atom stereocenters. The average molecular weight is 409 g/mol. The van der Waals surface area contributed by atoms with Crippen LogP contribution < -0.4 is 9.80 Å². The highest BCUT2D eigenvalue weighted by Crippen LogP contribution is 2.33. The average Bonchev–Trinajstić information content (AvgIpc) is 3.34. The van der Waals surface area contributed by atoms with Crippen LogP contribution in [0, 0.1) is 5.82 Å². The summed E-state index contributed by atoms with van der Waals surface area (Å²) < 4.78 is 20.3. The number of H-pyrrole nitrogens is 1. The van der Waals surface area contributed by atoms with Crippen LogP contribution in [0.2, 0.25) is 0 Å². The lowest BCUT2D eigenvalue weighted by atomic mass is 10.0. The van der Waals surface area contributed by atoms with Gasteiger partial charge < -0.3 is 19.5 Å². The third kappa shape index (κ3) is 2.94. The minimum Gasteiger partial charge on any atom is -0.378 e. The van der Waals surface area contributed by atoms with Gasteiger partial charge in [0.05, 0.1) is 30.7 Å². The molecule has 3 aromatic heterocycles. The number of rotatable bonds is 2. The summed E-state index contributed by atoms with van der Waals surface area (Å²) >= 11 is 1.72. The van der Waals surface area contributed by atoms with Crippen LogP contribution in [0.15, 0.2) is 30.5 Å². The highest BCUT2D eigenvalue weighted by Gasteiger charge is 2.23. The van der Waals surface area contributed by atoms with E-state index in [4.69, 9.17) is 9.72 Å². The van der Waals surface area contributed by atoms with Gasteiger partial charge in [-0.25, -0.2) is 14.4 Å². The summed E-state index contributed by atoms with van der Waals surface area (Å²) in [5.74, 6) is 0.778. The number of hydrogen-bond donors (Lipinski definition) is 1. The first-order valence-electron chi connectivity index (χ1n) is 9.88. The van der Waals surface area contributed by atoms with Crippen molar-refractivity contribution in [3.05, 3.63) is 47.5 Å². The molecule has 0 amide bonds. The quantitative estimate of drug-likeness (QED) is 0.547. The van der Waals surface area contributed by atoms with Crippen LogP contribution in [0.3, 0.4) is 0 Å². The van der Waals surface area contributed by atoms with E-state index in [1.165, 1.54) is 11.6 Å². The largest absolute Gasteiger partial charge is 0.378 e. The summed E-state index contributed by atoms with van der Waals surface area (Å²) in [6.07, 6.45) is 2.75. The van der Waals surface area contributed by atoms with Gasteiger partial charge >= 0.3 is 0 Å². The minimum atomic E-state index is -0.185. The van der Waals surface area contributed by atoms with Crippen molar-refractivity contribution >= 4 is 43.4 Å². The molecule has 1 saturated heterocycles. The second-order valence-electron chi connectivity index (χ2n) is 7.55. The van der Waals surface area contributed by atoms with Crippen molar-refractivity contribution < 1.29 is 9.13 Å². The lowest BCUT2D eigenvalue weighted by Gasteiger charge is -2.28. The Kier molecular flexibility index (Phi) is 3.95. The van der Waals surface area contributed by atoms with Crippen molar-refractivity contribution in [2.45, 2.75) is 13.0 Å². The standard InChI is InChI=1S/C21H20FN5OS/c22-13-1-2-16-15(9-13)14-3-4-27(12-18(14)24-16)20-10-19-17(11-23-20)25-21(29-19)26-5-7-28-8-6-26/h1-2,9-11,24H,3-8,12H2. The van der Waals surface area contributed by atoms with E-state index in [1.807, 2.05) is 12.3 Å². The lowest BCUT2D eigenvalue weighted by Crippen LogP contribution is -2.36. The summed E-state index contributed by atoms with van der Waals surface area (Å²) in [6.45, 7) is 4.89. The third-order valence-corrected chi connectivity index (χ3v) is 6.87. The Bertz CT molecular complexity index is 1210. The maximum absolute atomic E-state index is 13.7. The second kappa shape index (κ2) is 6.67. The molecule has 0 atom stereocenters. The number of nitrogens with one attached hydrogen (secondary N) is 1. The van der Waals surface area contributed by atoms with Crippen molar-refractivity contribution in [1.29, 1.82) is 0 Å². The number of fused-ring (bicyclic) bond motifs is 4. The normalized spacial score (nSPS) is 17.3. The molecule has 0 bridgehead atoms. The Labute approximate surface area is 170 Å². The summed E-state index contributed by atoms with van der Waals surface area (Å²) in [4.78, 5) is 17.5. The molecule has 2 aliphatic heterocycles. The van der Waals surface area contributed by atoms with Gasteiger partial charge in [0.25, 0.3) is 0 Å². The summed E-state index contributed by atoms with van der Waals surface area (Å²) in [7, 11) is 0. The van der Waals surface area contributed by atoms with E-state index in [9.17, 15) is 4.39 Å². The first-order valence-corrected chi connectivity index (χ1v) is 10.7. The van der Waals surface area contributed by atoms with Gasteiger partial charge in [0.2, 0.25) is 0 Å². The van der Waals surface area contributed by atoms with Crippen LogP contribution in [0.25, 0.3) is 21.1 Å². The van der Waals surface area contributed by atoms with Gasteiger partial charge in [-0.15, -0.1) is 0 Å². The van der Waals surface area contributed by atoms with E-state index in [2.05, 4.69) is 25.8 Å². The molecule has 5 heterocycles. The Morgan fingerprint density at radius 2 is 2.00 bits per heavy atom. The number of aromatic amines is 1. The molecule has 1 N–H and O–H groups in total. The molecule has 29 heavy (non-hydrogen) atoms. The van der Waals surface area contributed by atoms with E-state index < -0.39 is 0 Å². The van der Waals surface area contributed by atoms with Crippen LogP contribution in [-0.2, 0) is 17.7 Å². The van der Waals surface area contributed by atoms with Gasteiger partial charge in [0, 0.05) is 42.3 Å². The van der Waals surface area contributed by atoms with E-state index in [-0.39, 0.29) is 5.82 Å². The Balaban J connectivity index is 1.30. The Morgan fingerprint density at radius 3 is 2.90 bits per heavy atom. The number of aromatic nitrogens is 3. The molecular weight excluding hydrogens is 389 g/mol. The fourth-order valence-electron chi connectivity index (χ4n) is 4.28. The van der Waals surface area contributed by atoms with Crippen molar-refractivity contribution in [2.24, 2.45) is 0 Å². The van der Waals surface area contributed by atoms with Crippen molar-refractivity contribution in [3.63, 3.8) is 0 Å². The van der Waals surface area contributed by atoms with E-state index in [0.29, 0.717) is 0 Å². The molecule has 6 rings (SSSR count). The number of benzene rings is 1. The molecule has 0 radical (unpaired) electrons. The molecule has 148 valence electrons. The molecule has 1 aromatic carbocycles. The lowest BCUT2D eigenvalue weighted by molar-refractivity contribution is 0.122. The zero-order valence-electron chi connectivity index (χ0n) is 15.8. The van der Waals surface area contributed by atoms with Crippen LogP contribution in [0.4, 0.5) is 15.3 Å². The predicted molar refractivity (Wildman–Crippen MR) is 113 cm³/mol. The van der Waals surface area contributed by atoms with Crippen LogP contribution in [0.1, 0.15) is 11.3 Å². The van der Waals surface area contributed by atoms with E-state index >= 15 is 0 Å². The zero-order valence-corrected chi connectivity index (χ0v) is 16.6. The van der Waals surface area contributed by atoms with Crippen LogP contribution >= 0.6 is 11.3 Å². The summed E-state index contributed by atoms with van der Waals surface area (Å²) in [5.41, 5.74) is 4.32. The molecule has 1 fully saturated rings. The smallest absolute Gasteiger partial charge is 0.186 e. The van der Waals surface area contributed by atoms with Gasteiger partial charge in [-0.1, -0.05) is 11.3 Å². The second-order valence-corrected chi connectivity index (χ2v) is 8.56. The summed E-state index contributed by atoms with van der Waals surface area (Å²) in [6, 6.07) is 7.11. The number of morpholine rings is 1. The maximum atomic E-state index is 13.7. The number of hydrogen-bond acceptors (Lipinski definition) is 6. The van der Waals surface area contributed by atoms with E-state index in [1.54, 1.807) is 17.4 Å². The maximum Gasteiger partial charge on any atom is 0.186 e. The molecule has 0 aliphatic carbocycles. The first kappa shape index (κ1) is 17.2. The fourth-order valence-corrected chi connectivity index (χ4v) is 5.30. The van der Waals surface area contributed by atoms with Crippen LogP contribution in [0.5, 0.6) is 0 Å². The molecule has 6 nitrogen and oxygen atoms in total. The first-order chi connectivity index (χ1) is 14.2. The number of anilines is 2. The van der Waals surface area contributed by atoms with E-state index in [0.717, 1.165) is 83.6 Å². The zero-order chi connectivity index (χ0) is 19.4. The number of thiazole rings is 1. The third-order valence-electron chi connectivity index (χ3n) is 5.79. The van der Waals surface area contributed by atoms with Crippen molar-refractivity contribution in [3.8, 4) is 0 Å². The number of nitrogens with zero attached hydrogens (tertiary/aromatic N) is 4. The minimum absolute atomic E-state index is 0.185. The van der Waals surface area contributed by atoms with Crippen molar-refractivity contribution in [1.82, 2.24) is 15.0 Å². The van der Waals surface area contributed by atoms with Gasteiger partial charge in [0.15, 0.2) is 5.13 Å². The molecule has 0 saturated carbocycles. The molecule has 0 spiro atoms. The highest BCUT2D eigenvalue weighted by molar-refractivity contribution is 7.22. The molecule has 4 aromatic rings. The number of halogens is 1.